The number of benzene rings is 1. The second-order valence-electron chi connectivity index (χ2n) is 8.33. The number of sulfonamides is 1. The quantitative estimate of drug-likeness (QED) is 0.523. The van der Waals surface area contributed by atoms with Crippen LogP contribution in [0.3, 0.4) is 0 Å². The van der Waals surface area contributed by atoms with Gasteiger partial charge in [0, 0.05) is 25.8 Å². The monoisotopic (exact) mass is 484 g/mol. The fourth-order valence-electron chi connectivity index (χ4n) is 4.02. The molecule has 1 saturated heterocycles. The molecule has 3 heterocycles. The third kappa shape index (κ3) is 5.45. The van der Waals surface area contributed by atoms with E-state index in [-0.39, 0.29) is 23.1 Å². The lowest BCUT2D eigenvalue weighted by molar-refractivity contribution is -0.126. The first-order chi connectivity index (χ1) is 16.3. The molecule has 0 aliphatic carbocycles. The number of ether oxygens (including phenoxy) is 1. The summed E-state index contributed by atoms with van der Waals surface area (Å²) >= 11 is 0. The molecule has 180 valence electrons. The van der Waals surface area contributed by atoms with E-state index in [1.807, 2.05) is 42.5 Å². The molecule has 3 aromatic rings. The number of piperidine rings is 1. The van der Waals surface area contributed by atoms with Crippen molar-refractivity contribution in [1.29, 1.82) is 0 Å². The first kappa shape index (κ1) is 23.9. The first-order valence-electron chi connectivity index (χ1n) is 11.2. The Balaban J connectivity index is 1.30. The van der Waals surface area contributed by atoms with Crippen molar-refractivity contribution < 1.29 is 22.5 Å². The summed E-state index contributed by atoms with van der Waals surface area (Å²) in [6.07, 6.45) is 2.98. The molecule has 0 radical (unpaired) electrons. The highest BCUT2D eigenvalue weighted by Crippen LogP contribution is 2.27. The van der Waals surface area contributed by atoms with E-state index in [9.17, 15) is 13.2 Å². The second kappa shape index (κ2) is 10.4. The Morgan fingerprint density at radius 1 is 1.21 bits per heavy atom. The van der Waals surface area contributed by atoms with Gasteiger partial charge in [0.2, 0.25) is 15.9 Å². The van der Waals surface area contributed by atoms with Crippen LogP contribution in [-0.2, 0) is 28.0 Å². The molecular weight excluding hydrogens is 456 g/mol. The number of amides is 1. The lowest BCUT2D eigenvalue weighted by atomic mass is 9.99. The summed E-state index contributed by atoms with van der Waals surface area (Å²) in [7, 11) is -3.77. The van der Waals surface area contributed by atoms with Crippen LogP contribution in [0.25, 0.3) is 0 Å². The third-order valence-electron chi connectivity index (χ3n) is 5.82. The molecule has 10 heteroatoms. The Morgan fingerprint density at radius 3 is 2.68 bits per heavy atom. The average Bonchev–Trinajstić information content (AvgIpc) is 3.21. The summed E-state index contributed by atoms with van der Waals surface area (Å²) in [4.78, 5) is 17.1. The molecule has 9 nitrogen and oxygen atoms in total. The SMILES string of the molecule is Cc1noc(C)c1S(=O)(=O)N1CCCC(C(=O)NCc2ccc(OCc3ccccn3)cc2)C1. The van der Waals surface area contributed by atoms with Gasteiger partial charge in [-0.2, -0.15) is 4.31 Å². The molecule has 34 heavy (non-hydrogen) atoms. The van der Waals surface area contributed by atoms with Gasteiger partial charge in [0.15, 0.2) is 5.76 Å². The summed E-state index contributed by atoms with van der Waals surface area (Å²) in [6.45, 7) is 4.43. The van der Waals surface area contributed by atoms with Crippen molar-refractivity contribution in [2.75, 3.05) is 13.1 Å². The molecule has 1 amide bonds. The van der Waals surface area contributed by atoms with Crippen LogP contribution in [0.15, 0.2) is 58.1 Å². The van der Waals surface area contributed by atoms with E-state index < -0.39 is 15.9 Å². The molecule has 1 fully saturated rings. The predicted molar refractivity (Wildman–Crippen MR) is 124 cm³/mol. The zero-order valence-corrected chi connectivity index (χ0v) is 20.0. The fraction of sp³-hybridized carbons (Fsp3) is 0.375. The van der Waals surface area contributed by atoms with Crippen LogP contribution in [0.2, 0.25) is 0 Å². The summed E-state index contributed by atoms with van der Waals surface area (Å²) in [5, 5.41) is 6.69. The molecule has 4 rings (SSSR count). The highest BCUT2D eigenvalue weighted by Gasteiger charge is 2.36. The zero-order valence-electron chi connectivity index (χ0n) is 19.2. The van der Waals surface area contributed by atoms with Crippen molar-refractivity contribution in [2.45, 2.75) is 44.7 Å². The van der Waals surface area contributed by atoms with Gasteiger partial charge in [0.1, 0.15) is 22.9 Å². The van der Waals surface area contributed by atoms with Crippen molar-refractivity contribution in [3.05, 3.63) is 71.4 Å². The Hall–Kier alpha value is -3.24. The molecule has 0 saturated carbocycles. The van der Waals surface area contributed by atoms with Crippen LogP contribution in [0.4, 0.5) is 0 Å². The Labute approximate surface area is 199 Å². The third-order valence-corrected chi connectivity index (χ3v) is 7.93. The van der Waals surface area contributed by atoms with Gasteiger partial charge in [-0.05, 0) is 56.5 Å². The average molecular weight is 485 g/mol. The van der Waals surface area contributed by atoms with Gasteiger partial charge >= 0.3 is 0 Å². The van der Waals surface area contributed by atoms with Crippen molar-refractivity contribution in [3.8, 4) is 5.75 Å². The van der Waals surface area contributed by atoms with Gasteiger partial charge in [-0.25, -0.2) is 8.42 Å². The number of hydrogen-bond acceptors (Lipinski definition) is 7. The van der Waals surface area contributed by atoms with Crippen molar-refractivity contribution in [1.82, 2.24) is 19.8 Å². The minimum absolute atomic E-state index is 0.0962. The minimum Gasteiger partial charge on any atom is -0.487 e. The summed E-state index contributed by atoms with van der Waals surface area (Å²) < 4.78 is 38.3. The smallest absolute Gasteiger partial charge is 0.248 e. The molecule has 1 aliphatic rings. The topological polar surface area (TPSA) is 115 Å². The standard InChI is InChI=1S/C24H28N4O5S/c1-17-23(18(2)33-27-17)34(30,31)28-13-5-6-20(15-28)24(29)26-14-19-8-10-22(11-9-19)32-16-21-7-3-4-12-25-21/h3-4,7-12,20H,5-6,13-16H2,1-2H3,(H,26,29). The van der Waals surface area contributed by atoms with Gasteiger partial charge in [0.05, 0.1) is 11.6 Å². The van der Waals surface area contributed by atoms with Crippen LogP contribution >= 0.6 is 0 Å². The molecule has 1 aromatic carbocycles. The number of carbonyl (C=O) groups is 1. The molecule has 0 spiro atoms. The van der Waals surface area contributed by atoms with E-state index in [0.717, 1.165) is 11.3 Å². The molecule has 1 atom stereocenters. The van der Waals surface area contributed by atoms with E-state index in [2.05, 4.69) is 15.5 Å². The second-order valence-corrected chi connectivity index (χ2v) is 10.2. The molecule has 1 N–H and O–H groups in total. The molecule has 0 bridgehead atoms. The summed E-state index contributed by atoms with van der Waals surface area (Å²) in [5.74, 6) is 0.406. The first-order valence-corrected chi connectivity index (χ1v) is 12.6. The lowest BCUT2D eigenvalue weighted by Crippen LogP contribution is -2.45. The number of nitrogens with one attached hydrogen (secondary N) is 1. The maximum Gasteiger partial charge on any atom is 0.248 e. The van der Waals surface area contributed by atoms with Crippen LogP contribution < -0.4 is 10.1 Å². The van der Waals surface area contributed by atoms with Gasteiger partial charge in [-0.1, -0.05) is 23.4 Å². The predicted octanol–water partition coefficient (Wildman–Crippen LogP) is 2.98. The minimum atomic E-state index is -3.77. The highest BCUT2D eigenvalue weighted by molar-refractivity contribution is 7.89. The molecular formula is C24H28N4O5S. The van der Waals surface area contributed by atoms with Gasteiger partial charge < -0.3 is 14.6 Å². The van der Waals surface area contributed by atoms with Crippen molar-refractivity contribution in [2.24, 2.45) is 5.92 Å². The van der Waals surface area contributed by atoms with Crippen LogP contribution in [0.5, 0.6) is 5.75 Å². The van der Waals surface area contributed by atoms with E-state index in [0.29, 0.717) is 44.0 Å². The Kier molecular flexibility index (Phi) is 7.28. The van der Waals surface area contributed by atoms with E-state index >= 15 is 0 Å². The number of nitrogens with zero attached hydrogens (tertiary/aromatic N) is 3. The van der Waals surface area contributed by atoms with Gasteiger partial charge in [0.25, 0.3) is 0 Å². The van der Waals surface area contributed by atoms with E-state index in [1.54, 1.807) is 20.0 Å². The van der Waals surface area contributed by atoms with E-state index in [4.69, 9.17) is 9.26 Å². The van der Waals surface area contributed by atoms with Gasteiger partial charge in [-0.3, -0.25) is 9.78 Å². The summed E-state index contributed by atoms with van der Waals surface area (Å²) in [6, 6.07) is 13.2. The van der Waals surface area contributed by atoms with Crippen molar-refractivity contribution in [3.63, 3.8) is 0 Å². The molecule has 1 aliphatic heterocycles. The zero-order chi connectivity index (χ0) is 24.1. The van der Waals surface area contributed by atoms with Crippen LogP contribution in [-0.4, -0.2) is 41.9 Å². The number of hydrogen-bond donors (Lipinski definition) is 1. The Morgan fingerprint density at radius 2 is 2.00 bits per heavy atom. The number of carbonyl (C=O) groups excluding carboxylic acids is 1. The lowest BCUT2D eigenvalue weighted by Gasteiger charge is -2.31. The van der Waals surface area contributed by atoms with Crippen molar-refractivity contribution >= 4 is 15.9 Å². The number of pyridine rings is 1. The normalized spacial score (nSPS) is 16.8. The molecule has 2 aromatic heterocycles. The highest BCUT2D eigenvalue weighted by atomic mass is 32.2. The maximum absolute atomic E-state index is 13.1. The number of aryl methyl sites for hydroxylation is 2. The number of rotatable bonds is 8. The molecule has 1 unspecified atom stereocenters. The maximum atomic E-state index is 13.1. The Bertz CT molecular complexity index is 1210. The van der Waals surface area contributed by atoms with E-state index in [1.165, 1.54) is 4.31 Å². The van der Waals surface area contributed by atoms with Crippen LogP contribution in [0.1, 0.15) is 35.6 Å². The number of aromatic nitrogens is 2. The summed E-state index contributed by atoms with van der Waals surface area (Å²) in [5.41, 5.74) is 2.10. The van der Waals surface area contributed by atoms with Crippen LogP contribution in [0, 0.1) is 19.8 Å². The van der Waals surface area contributed by atoms with Gasteiger partial charge in [-0.15, -0.1) is 0 Å². The fourth-order valence-corrected chi connectivity index (χ4v) is 5.84. The largest absolute Gasteiger partial charge is 0.487 e.